The quantitative estimate of drug-likeness (QED) is 0.503. The number of hydrogen-bond acceptors (Lipinski definition) is 4. The maximum absolute atomic E-state index is 4.83. The molecule has 1 N–H and O–H groups in total. The zero-order chi connectivity index (χ0) is 7.07. The van der Waals surface area contributed by atoms with E-state index in [0.29, 0.717) is 0 Å². The van der Waals surface area contributed by atoms with E-state index in [1.54, 1.807) is 0 Å². The van der Waals surface area contributed by atoms with E-state index in [2.05, 4.69) is 15.0 Å². The number of ether oxygens (including phenoxy) is 2. The molecule has 0 saturated carbocycles. The van der Waals surface area contributed by atoms with Gasteiger partial charge in [0.25, 0.3) is 0 Å². The third-order valence-corrected chi connectivity index (χ3v) is 1.11. The molecular weight excluding hydrogens is 132 g/mol. The van der Waals surface area contributed by atoms with Crippen LogP contribution in [0.2, 0.25) is 0 Å². The summed E-state index contributed by atoms with van der Waals surface area (Å²) in [6, 6.07) is 0. The summed E-state index contributed by atoms with van der Waals surface area (Å²) in [4.78, 5) is 3.74. The summed E-state index contributed by atoms with van der Waals surface area (Å²) in [6.45, 7) is 4.29. The second-order valence-electron chi connectivity index (χ2n) is 1.93. The highest BCUT2D eigenvalue weighted by Gasteiger charge is 1.92. The molecule has 2 aliphatic rings. The van der Waals surface area contributed by atoms with E-state index in [-0.39, 0.29) is 0 Å². The molecule has 0 spiro atoms. The highest BCUT2D eigenvalue weighted by atomic mass is 16.5. The van der Waals surface area contributed by atoms with Crippen molar-refractivity contribution in [2.45, 2.75) is 0 Å². The Morgan fingerprint density at radius 1 is 1.40 bits per heavy atom. The van der Waals surface area contributed by atoms with Crippen molar-refractivity contribution in [1.29, 1.82) is 0 Å². The average molecular weight is 144 g/mol. The van der Waals surface area contributed by atoms with Gasteiger partial charge in [-0.15, -0.1) is 0 Å². The van der Waals surface area contributed by atoms with Crippen LogP contribution in [0.4, 0.5) is 0 Å². The number of aliphatic imine (C=N–C) groups is 1. The molecule has 0 atom stereocenters. The van der Waals surface area contributed by atoms with Gasteiger partial charge in [0.05, 0.1) is 19.9 Å². The van der Waals surface area contributed by atoms with Crippen LogP contribution in [0.3, 0.4) is 0 Å². The van der Waals surface area contributed by atoms with Gasteiger partial charge in [0, 0.05) is 6.54 Å². The second kappa shape index (κ2) is 5.20. The first-order chi connectivity index (χ1) is 5.00. The van der Waals surface area contributed by atoms with Crippen LogP contribution in [-0.4, -0.2) is 39.4 Å². The molecule has 0 amide bonds. The van der Waals surface area contributed by atoms with Crippen molar-refractivity contribution in [3.8, 4) is 0 Å². The first kappa shape index (κ1) is 7.50. The molecule has 0 radical (unpaired) electrons. The van der Waals surface area contributed by atoms with E-state index < -0.39 is 0 Å². The highest BCUT2D eigenvalue weighted by Crippen LogP contribution is 1.78. The Hall–Kier alpha value is -0.610. The second-order valence-corrected chi connectivity index (χ2v) is 1.93. The van der Waals surface area contributed by atoms with Gasteiger partial charge in [-0.25, -0.2) is 0 Å². The largest absolute Gasteiger partial charge is 0.482 e. The van der Waals surface area contributed by atoms with Crippen LogP contribution in [0, 0.1) is 0 Å². The summed E-state index contributed by atoms with van der Waals surface area (Å²) in [5.41, 5.74) is 0. The summed E-state index contributed by atoms with van der Waals surface area (Å²) in [7, 11) is 0. The topological polar surface area (TPSA) is 42.9 Å². The third kappa shape index (κ3) is 3.42. The maximum Gasteiger partial charge on any atom is 0.169 e. The number of rotatable bonds is 0. The number of nitrogens with zero attached hydrogens (tertiary/aromatic N) is 1. The Labute approximate surface area is 60.2 Å². The van der Waals surface area contributed by atoms with Crippen molar-refractivity contribution in [2.75, 3.05) is 33.0 Å². The fourth-order valence-electron chi connectivity index (χ4n) is 0.624. The lowest BCUT2D eigenvalue weighted by Gasteiger charge is -1.76. The van der Waals surface area contributed by atoms with E-state index in [9.17, 15) is 0 Å². The third-order valence-electron chi connectivity index (χ3n) is 1.11. The maximum atomic E-state index is 4.83. The predicted octanol–water partition coefficient (Wildman–Crippen LogP) is -0.391. The van der Waals surface area contributed by atoms with E-state index in [4.69, 9.17) is 4.74 Å². The molecule has 0 aromatic carbocycles. The number of hydrogen-bond donors (Lipinski definition) is 1. The van der Waals surface area contributed by atoms with E-state index >= 15 is 0 Å². The fourth-order valence-corrected chi connectivity index (χ4v) is 0.624. The Morgan fingerprint density at radius 3 is 2.60 bits per heavy atom. The first-order valence-electron chi connectivity index (χ1n) is 3.38. The molecule has 4 heteroatoms. The van der Waals surface area contributed by atoms with Crippen molar-refractivity contribution in [1.82, 2.24) is 5.32 Å². The zero-order valence-corrected chi connectivity index (χ0v) is 5.88. The van der Waals surface area contributed by atoms with Gasteiger partial charge in [-0.1, -0.05) is 0 Å². The van der Waals surface area contributed by atoms with Gasteiger partial charge in [0.2, 0.25) is 0 Å². The van der Waals surface area contributed by atoms with E-state index in [0.717, 1.165) is 33.0 Å². The molecule has 0 aliphatic carbocycles. The summed E-state index contributed by atoms with van der Waals surface area (Å²) < 4.78 is 9.49. The van der Waals surface area contributed by atoms with Gasteiger partial charge in [0.15, 0.2) is 6.40 Å². The van der Waals surface area contributed by atoms with Crippen LogP contribution in [0.5, 0.6) is 0 Å². The zero-order valence-electron chi connectivity index (χ0n) is 5.88. The molecule has 0 aromatic rings. The lowest BCUT2D eigenvalue weighted by molar-refractivity contribution is 0.194. The minimum absolute atomic E-state index is 0.750. The monoisotopic (exact) mass is 144 g/mol. The van der Waals surface area contributed by atoms with Crippen molar-refractivity contribution in [2.24, 2.45) is 4.99 Å². The first-order valence-corrected chi connectivity index (χ1v) is 3.38. The van der Waals surface area contributed by atoms with Crippen molar-refractivity contribution < 1.29 is 9.47 Å². The van der Waals surface area contributed by atoms with Crippen LogP contribution >= 0.6 is 0 Å². The Balaban J connectivity index is 0.0000001000. The van der Waals surface area contributed by atoms with E-state index in [1.165, 1.54) is 6.40 Å². The van der Waals surface area contributed by atoms with Crippen LogP contribution < -0.4 is 5.32 Å². The lowest BCUT2D eigenvalue weighted by atomic mass is 10.7. The van der Waals surface area contributed by atoms with Gasteiger partial charge in [-0.05, 0) is 0 Å². The fraction of sp³-hybridized carbons (Fsp3) is 0.833. The molecule has 4 nitrogen and oxygen atoms in total. The summed E-state index contributed by atoms with van der Waals surface area (Å²) >= 11 is 0. The van der Waals surface area contributed by atoms with Crippen LogP contribution in [0.15, 0.2) is 4.99 Å². The van der Waals surface area contributed by atoms with Crippen LogP contribution in [-0.2, 0) is 9.47 Å². The Bertz CT molecular complexity index is 88.3. The molecule has 1 saturated heterocycles. The molecule has 2 heterocycles. The van der Waals surface area contributed by atoms with Gasteiger partial charge >= 0.3 is 0 Å². The normalized spacial score (nSPS) is 21.6. The summed E-state index contributed by atoms with van der Waals surface area (Å²) in [5.74, 6) is 0. The molecule has 2 rings (SSSR count). The predicted molar refractivity (Wildman–Crippen MR) is 38.1 cm³/mol. The molecule has 2 aliphatic heterocycles. The Morgan fingerprint density at radius 2 is 2.40 bits per heavy atom. The molecule has 0 bridgehead atoms. The SMILES string of the molecule is C1=NCCO1.C1COCN1. The van der Waals surface area contributed by atoms with Crippen LogP contribution in [0.25, 0.3) is 0 Å². The smallest absolute Gasteiger partial charge is 0.169 e. The standard InChI is InChI=1S/C3H7NO.C3H5NO/c2*1-2-5-3-4-1/h4H,1-3H2;3H,1-2H2. The van der Waals surface area contributed by atoms with Gasteiger partial charge in [-0.2, -0.15) is 0 Å². The number of nitrogens with one attached hydrogen (secondary N) is 1. The lowest BCUT2D eigenvalue weighted by Crippen LogP contribution is -2.05. The molecule has 58 valence electrons. The molecular formula is C6H12N2O2. The molecule has 10 heavy (non-hydrogen) atoms. The Kier molecular flexibility index (Phi) is 3.90. The van der Waals surface area contributed by atoms with Gasteiger partial charge in [0.1, 0.15) is 6.61 Å². The summed E-state index contributed by atoms with van der Waals surface area (Å²) in [5, 5.41) is 3.00. The van der Waals surface area contributed by atoms with Crippen molar-refractivity contribution >= 4 is 6.40 Å². The molecule has 0 aromatic heterocycles. The van der Waals surface area contributed by atoms with Gasteiger partial charge < -0.3 is 9.47 Å². The van der Waals surface area contributed by atoms with E-state index in [1.807, 2.05) is 0 Å². The van der Waals surface area contributed by atoms with Crippen molar-refractivity contribution in [3.63, 3.8) is 0 Å². The molecule has 1 fully saturated rings. The molecule has 0 unspecified atom stereocenters. The average Bonchev–Trinajstić information content (AvgIpc) is 2.67. The highest BCUT2D eigenvalue weighted by molar-refractivity contribution is 5.47. The van der Waals surface area contributed by atoms with Crippen molar-refractivity contribution in [3.05, 3.63) is 0 Å². The minimum atomic E-state index is 0.750. The van der Waals surface area contributed by atoms with Gasteiger partial charge in [-0.3, -0.25) is 10.3 Å². The van der Waals surface area contributed by atoms with Crippen LogP contribution in [0.1, 0.15) is 0 Å². The minimum Gasteiger partial charge on any atom is -0.482 e. The summed E-state index contributed by atoms with van der Waals surface area (Å²) in [6.07, 6.45) is 1.49.